The van der Waals surface area contributed by atoms with Crippen molar-refractivity contribution in [2.24, 2.45) is 7.05 Å². The zero-order chi connectivity index (χ0) is 18.4. The van der Waals surface area contributed by atoms with E-state index in [0.29, 0.717) is 17.4 Å². The average Bonchev–Trinajstić information content (AvgIpc) is 2.99. The largest absolute Gasteiger partial charge is 0.310 e. The highest BCUT2D eigenvalue weighted by atomic mass is 32.2. The fourth-order valence-corrected chi connectivity index (χ4v) is 4.77. The van der Waals surface area contributed by atoms with Crippen LogP contribution in [-0.4, -0.2) is 36.2 Å². The molecule has 134 valence electrons. The maximum absolute atomic E-state index is 12.4. The van der Waals surface area contributed by atoms with Crippen LogP contribution >= 0.6 is 11.8 Å². The molecule has 3 aromatic heterocycles. The first kappa shape index (κ1) is 16.8. The SMILES string of the molecule is Cc1nn(C)c(C)c1[C@H]1SCC(=O)Nc2c1c(C)nn2-c1ccccn1. The number of thioether (sulfide) groups is 1. The minimum absolute atomic E-state index is 0.00453. The fraction of sp³-hybridized carbons (Fsp3) is 0.333. The molecular formula is C18H20N6OS. The summed E-state index contributed by atoms with van der Waals surface area (Å²) in [6.07, 6.45) is 1.72. The van der Waals surface area contributed by atoms with Gasteiger partial charge in [0.05, 0.1) is 22.4 Å². The number of rotatable bonds is 2. The lowest BCUT2D eigenvalue weighted by molar-refractivity contribution is -0.113. The van der Waals surface area contributed by atoms with Gasteiger partial charge in [0.15, 0.2) is 5.82 Å². The summed E-state index contributed by atoms with van der Waals surface area (Å²) >= 11 is 1.61. The van der Waals surface area contributed by atoms with Gasteiger partial charge in [0, 0.05) is 30.1 Å². The third-order valence-electron chi connectivity index (χ3n) is 4.70. The molecule has 4 heterocycles. The van der Waals surface area contributed by atoms with Gasteiger partial charge in [-0.3, -0.25) is 9.48 Å². The molecule has 1 N–H and O–H groups in total. The minimum Gasteiger partial charge on any atom is -0.310 e. The number of hydrogen-bond donors (Lipinski definition) is 1. The van der Waals surface area contributed by atoms with Crippen molar-refractivity contribution < 1.29 is 4.79 Å². The number of carbonyl (C=O) groups excluding carboxylic acids is 1. The number of aromatic nitrogens is 5. The van der Waals surface area contributed by atoms with E-state index in [1.54, 1.807) is 22.6 Å². The highest BCUT2D eigenvalue weighted by Crippen LogP contribution is 2.45. The van der Waals surface area contributed by atoms with Gasteiger partial charge in [0.1, 0.15) is 5.82 Å². The van der Waals surface area contributed by atoms with Crippen LogP contribution in [-0.2, 0) is 11.8 Å². The number of anilines is 1. The van der Waals surface area contributed by atoms with Crippen LogP contribution in [0.5, 0.6) is 0 Å². The van der Waals surface area contributed by atoms with Crippen molar-refractivity contribution >= 4 is 23.5 Å². The van der Waals surface area contributed by atoms with E-state index in [1.165, 1.54) is 0 Å². The lowest BCUT2D eigenvalue weighted by Crippen LogP contribution is -2.16. The van der Waals surface area contributed by atoms with Gasteiger partial charge in [-0.1, -0.05) is 6.07 Å². The molecular weight excluding hydrogens is 348 g/mol. The zero-order valence-electron chi connectivity index (χ0n) is 15.1. The predicted molar refractivity (Wildman–Crippen MR) is 102 cm³/mol. The molecule has 0 saturated heterocycles. The highest BCUT2D eigenvalue weighted by molar-refractivity contribution is 8.00. The lowest BCUT2D eigenvalue weighted by atomic mass is 10.0. The lowest BCUT2D eigenvalue weighted by Gasteiger charge is -2.16. The van der Waals surface area contributed by atoms with Gasteiger partial charge in [-0.15, -0.1) is 11.8 Å². The first-order valence-electron chi connectivity index (χ1n) is 8.40. The van der Waals surface area contributed by atoms with Crippen molar-refractivity contribution in [2.75, 3.05) is 11.1 Å². The molecule has 1 aliphatic heterocycles. The van der Waals surface area contributed by atoms with Gasteiger partial charge in [0.25, 0.3) is 0 Å². The number of aryl methyl sites for hydroxylation is 3. The Morgan fingerprint density at radius 2 is 1.92 bits per heavy atom. The number of hydrogen-bond acceptors (Lipinski definition) is 5. The van der Waals surface area contributed by atoms with Crippen molar-refractivity contribution in [3.05, 3.63) is 52.6 Å². The second-order valence-electron chi connectivity index (χ2n) is 6.39. The molecule has 7 nitrogen and oxygen atoms in total. The van der Waals surface area contributed by atoms with E-state index in [1.807, 2.05) is 43.8 Å². The molecule has 1 atom stereocenters. The van der Waals surface area contributed by atoms with Gasteiger partial charge in [-0.2, -0.15) is 14.9 Å². The third kappa shape index (κ3) is 2.61. The average molecular weight is 368 g/mol. The van der Waals surface area contributed by atoms with Crippen molar-refractivity contribution in [1.82, 2.24) is 24.5 Å². The Kier molecular flexibility index (Phi) is 4.07. The van der Waals surface area contributed by atoms with Gasteiger partial charge >= 0.3 is 0 Å². The molecule has 1 aliphatic rings. The van der Waals surface area contributed by atoms with Crippen molar-refractivity contribution in [3.63, 3.8) is 0 Å². The van der Waals surface area contributed by atoms with Crippen LogP contribution in [0.15, 0.2) is 24.4 Å². The topological polar surface area (TPSA) is 77.6 Å². The summed E-state index contributed by atoms with van der Waals surface area (Å²) in [5.41, 5.74) is 5.13. The van der Waals surface area contributed by atoms with Crippen LogP contribution in [0.2, 0.25) is 0 Å². The molecule has 8 heteroatoms. The maximum atomic E-state index is 12.4. The van der Waals surface area contributed by atoms with Gasteiger partial charge in [-0.25, -0.2) is 4.98 Å². The summed E-state index contributed by atoms with van der Waals surface area (Å²) in [5, 5.41) is 12.3. The highest BCUT2D eigenvalue weighted by Gasteiger charge is 2.33. The minimum atomic E-state index is -0.0324. The second-order valence-corrected chi connectivity index (χ2v) is 7.49. The molecule has 4 rings (SSSR count). The van der Waals surface area contributed by atoms with E-state index in [0.717, 1.165) is 28.2 Å². The Hall–Kier alpha value is -2.61. The van der Waals surface area contributed by atoms with Crippen LogP contribution in [0.4, 0.5) is 5.82 Å². The van der Waals surface area contributed by atoms with Crippen molar-refractivity contribution in [2.45, 2.75) is 26.0 Å². The van der Waals surface area contributed by atoms with Crippen LogP contribution in [0.25, 0.3) is 5.82 Å². The van der Waals surface area contributed by atoms with E-state index in [9.17, 15) is 4.79 Å². The van der Waals surface area contributed by atoms with E-state index in [4.69, 9.17) is 0 Å². The number of pyridine rings is 1. The smallest absolute Gasteiger partial charge is 0.235 e. The van der Waals surface area contributed by atoms with Crippen molar-refractivity contribution in [1.29, 1.82) is 0 Å². The summed E-state index contributed by atoms with van der Waals surface area (Å²) in [4.78, 5) is 16.8. The van der Waals surface area contributed by atoms with E-state index in [2.05, 4.69) is 27.4 Å². The zero-order valence-corrected chi connectivity index (χ0v) is 16.0. The number of fused-ring (bicyclic) bond motifs is 1. The predicted octanol–water partition coefficient (Wildman–Crippen LogP) is 2.70. The fourth-order valence-electron chi connectivity index (χ4n) is 3.43. The van der Waals surface area contributed by atoms with Crippen LogP contribution in [0, 0.1) is 20.8 Å². The summed E-state index contributed by atoms with van der Waals surface area (Å²) in [7, 11) is 1.95. The molecule has 0 aliphatic carbocycles. The van der Waals surface area contributed by atoms with Gasteiger partial charge in [0.2, 0.25) is 5.91 Å². The Morgan fingerprint density at radius 3 is 2.58 bits per heavy atom. The molecule has 0 unspecified atom stereocenters. The first-order valence-corrected chi connectivity index (χ1v) is 9.44. The molecule has 0 radical (unpaired) electrons. The summed E-state index contributed by atoms with van der Waals surface area (Å²) in [5.74, 6) is 1.73. The van der Waals surface area contributed by atoms with Crippen LogP contribution < -0.4 is 5.32 Å². The summed E-state index contributed by atoms with van der Waals surface area (Å²) in [6, 6.07) is 5.65. The summed E-state index contributed by atoms with van der Waals surface area (Å²) in [6.45, 7) is 6.06. The molecule has 0 fully saturated rings. The normalized spacial score (nSPS) is 16.9. The Bertz CT molecular complexity index is 991. The van der Waals surface area contributed by atoms with E-state index < -0.39 is 0 Å². The quantitative estimate of drug-likeness (QED) is 0.752. The summed E-state index contributed by atoms with van der Waals surface area (Å²) < 4.78 is 3.62. The molecule has 26 heavy (non-hydrogen) atoms. The van der Waals surface area contributed by atoms with E-state index in [-0.39, 0.29) is 11.2 Å². The molecule has 0 aromatic carbocycles. The number of amides is 1. The van der Waals surface area contributed by atoms with Crippen molar-refractivity contribution in [3.8, 4) is 5.82 Å². The maximum Gasteiger partial charge on any atom is 0.235 e. The Morgan fingerprint density at radius 1 is 1.15 bits per heavy atom. The van der Waals surface area contributed by atoms with E-state index >= 15 is 0 Å². The molecule has 0 saturated carbocycles. The molecule has 1 amide bonds. The van der Waals surface area contributed by atoms with Crippen LogP contribution in [0.3, 0.4) is 0 Å². The molecule has 3 aromatic rings. The first-order chi connectivity index (χ1) is 12.5. The van der Waals surface area contributed by atoms with Crippen LogP contribution in [0.1, 0.15) is 33.5 Å². The Labute approximate surface area is 155 Å². The van der Waals surface area contributed by atoms with Gasteiger partial charge < -0.3 is 5.32 Å². The number of nitrogens with zero attached hydrogens (tertiary/aromatic N) is 5. The third-order valence-corrected chi connectivity index (χ3v) is 5.93. The number of nitrogens with one attached hydrogen (secondary N) is 1. The monoisotopic (exact) mass is 368 g/mol. The standard InChI is InChI=1S/C18H20N6OS/c1-10-15(12(3)23(4)21-10)17-16-11(2)22-24(13-7-5-6-8-19-13)18(16)20-14(25)9-26-17/h5-8,17H,9H2,1-4H3,(H,20,25)/t17-/m1/s1. The second kappa shape index (κ2) is 6.28. The molecule has 0 spiro atoms. The van der Waals surface area contributed by atoms with Gasteiger partial charge in [-0.05, 0) is 32.9 Å². The molecule has 0 bridgehead atoms. The number of carbonyl (C=O) groups is 1. The Balaban J connectivity index is 1.94.